The molecular weight excluding hydrogens is 327 g/mol. The Balaban J connectivity index is 1.79. The van der Waals surface area contributed by atoms with Crippen LogP contribution in [0.5, 0.6) is 5.75 Å². The van der Waals surface area contributed by atoms with Gasteiger partial charge in [0.15, 0.2) is 5.82 Å². The number of carbonyl (C=O) groups is 3. The number of hydrogen-bond donors (Lipinski definition) is 0. The summed E-state index contributed by atoms with van der Waals surface area (Å²) in [5, 5.41) is 0. The van der Waals surface area contributed by atoms with Gasteiger partial charge in [-0.05, 0) is 31.7 Å². The standard InChI is InChI=1S/C18H17FN2O4/c1-10(22)20-6-7-25-16-8-13(19)14(9-15(16)20)21-17(23)11-4-2-3-5-12(11)18(21)24/h8-9H,2-7H2,1H3. The number of anilines is 2. The zero-order valence-electron chi connectivity index (χ0n) is 13.8. The molecule has 0 spiro atoms. The van der Waals surface area contributed by atoms with Crippen LogP contribution in [0.4, 0.5) is 15.8 Å². The van der Waals surface area contributed by atoms with E-state index in [1.807, 2.05) is 0 Å². The third-order valence-electron chi connectivity index (χ3n) is 4.90. The number of halogens is 1. The number of hydrogen-bond acceptors (Lipinski definition) is 4. The lowest BCUT2D eigenvalue weighted by Crippen LogP contribution is -2.37. The largest absolute Gasteiger partial charge is 0.489 e. The van der Waals surface area contributed by atoms with Crippen LogP contribution >= 0.6 is 0 Å². The van der Waals surface area contributed by atoms with E-state index in [4.69, 9.17) is 4.74 Å². The van der Waals surface area contributed by atoms with Crippen molar-refractivity contribution in [1.29, 1.82) is 0 Å². The van der Waals surface area contributed by atoms with Crippen molar-refractivity contribution >= 4 is 29.1 Å². The maximum absolute atomic E-state index is 14.6. The van der Waals surface area contributed by atoms with Gasteiger partial charge in [0.2, 0.25) is 5.91 Å². The van der Waals surface area contributed by atoms with E-state index in [0.717, 1.165) is 23.8 Å². The molecule has 130 valence electrons. The first-order valence-corrected chi connectivity index (χ1v) is 8.34. The number of nitrogens with zero attached hydrogens (tertiary/aromatic N) is 2. The molecule has 0 radical (unpaired) electrons. The van der Waals surface area contributed by atoms with E-state index in [9.17, 15) is 18.8 Å². The molecule has 3 aliphatic rings. The highest BCUT2D eigenvalue weighted by Gasteiger charge is 2.41. The molecular formula is C18H17FN2O4. The lowest BCUT2D eigenvalue weighted by atomic mass is 9.93. The predicted molar refractivity (Wildman–Crippen MR) is 87.9 cm³/mol. The zero-order chi connectivity index (χ0) is 17.7. The molecule has 3 amide bonds. The van der Waals surface area contributed by atoms with Gasteiger partial charge >= 0.3 is 0 Å². The quantitative estimate of drug-likeness (QED) is 0.733. The third kappa shape index (κ3) is 2.33. The molecule has 0 fully saturated rings. The Kier molecular flexibility index (Phi) is 3.59. The Bertz CT molecular complexity index is 818. The molecule has 25 heavy (non-hydrogen) atoms. The summed E-state index contributed by atoms with van der Waals surface area (Å²) in [6.45, 7) is 2.01. The van der Waals surface area contributed by atoms with Gasteiger partial charge in [-0.2, -0.15) is 0 Å². The summed E-state index contributed by atoms with van der Waals surface area (Å²) in [6.07, 6.45) is 2.80. The minimum Gasteiger partial charge on any atom is -0.489 e. The molecule has 1 aromatic rings. The minimum absolute atomic E-state index is 0.125. The van der Waals surface area contributed by atoms with Crippen LogP contribution in [0.15, 0.2) is 23.3 Å². The maximum atomic E-state index is 14.6. The van der Waals surface area contributed by atoms with Crippen molar-refractivity contribution in [2.45, 2.75) is 32.6 Å². The van der Waals surface area contributed by atoms with Gasteiger partial charge in [0, 0.05) is 24.1 Å². The molecule has 1 aromatic carbocycles. The van der Waals surface area contributed by atoms with Crippen molar-refractivity contribution in [3.63, 3.8) is 0 Å². The highest BCUT2D eigenvalue weighted by atomic mass is 19.1. The monoisotopic (exact) mass is 344 g/mol. The second kappa shape index (κ2) is 5.68. The molecule has 0 N–H and O–H groups in total. The fourth-order valence-electron chi connectivity index (χ4n) is 3.68. The molecule has 2 heterocycles. The van der Waals surface area contributed by atoms with Crippen LogP contribution in [0.1, 0.15) is 32.6 Å². The van der Waals surface area contributed by atoms with E-state index in [1.165, 1.54) is 17.9 Å². The van der Waals surface area contributed by atoms with Crippen LogP contribution in [-0.4, -0.2) is 30.9 Å². The van der Waals surface area contributed by atoms with Crippen LogP contribution in [-0.2, 0) is 14.4 Å². The van der Waals surface area contributed by atoms with E-state index in [0.29, 0.717) is 36.2 Å². The number of ether oxygens (including phenoxy) is 1. The van der Waals surface area contributed by atoms with Gasteiger partial charge in [-0.15, -0.1) is 0 Å². The van der Waals surface area contributed by atoms with Crippen LogP contribution in [0.25, 0.3) is 0 Å². The summed E-state index contributed by atoms with van der Waals surface area (Å²) < 4.78 is 20.1. The van der Waals surface area contributed by atoms with Gasteiger partial charge < -0.3 is 9.64 Å². The molecule has 0 saturated carbocycles. The second-order valence-corrected chi connectivity index (χ2v) is 6.40. The predicted octanol–water partition coefficient (Wildman–Crippen LogP) is 2.31. The fourth-order valence-corrected chi connectivity index (χ4v) is 3.68. The van der Waals surface area contributed by atoms with E-state index in [2.05, 4.69) is 0 Å². The Labute approximate surface area is 143 Å². The molecule has 2 aliphatic heterocycles. The lowest BCUT2D eigenvalue weighted by molar-refractivity contribution is -0.121. The molecule has 6 nitrogen and oxygen atoms in total. The molecule has 4 rings (SSSR count). The van der Waals surface area contributed by atoms with E-state index in [1.54, 1.807) is 0 Å². The van der Waals surface area contributed by atoms with Gasteiger partial charge in [0.05, 0.1) is 17.9 Å². The van der Waals surface area contributed by atoms with Gasteiger partial charge in [0.25, 0.3) is 11.8 Å². The van der Waals surface area contributed by atoms with E-state index < -0.39 is 17.6 Å². The average molecular weight is 344 g/mol. The molecule has 0 atom stereocenters. The first-order chi connectivity index (χ1) is 12.0. The van der Waals surface area contributed by atoms with Gasteiger partial charge in [-0.25, -0.2) is 9.29 Å². The number of imide groups is 1. The fraction of sp³-hybridized carbons (Fsp3) is 0.389. The summed E-state index contributed by atoms with van der Waals surface area (Å²) >= 11 is 0. The summed E-state index contributed by atoms with van der Waals surface area (Å²) in [5.41, 5.74) is 1.24. The van der Waals surface area contributed by atoms with Crippen molar-refractivity contribution in [2.24, 2.45) is 0 Å². The average Bonchev–Trinajstić information content (AvgIpc) is 2.85. The summed E-state index contributed by atoms with van der Waals surface area (Å²) in [6, 6.07) is 2.50. The Hall–Kier alpha value is -2.70. The number of amides is 3. The first-order valence-electron chi connectivity index (χ1n) is 8.34. The van der Waals surface area contributed by atoms with Gasteiger partial charge in [-0.1, -0.05) is 0 Å². The van der Waals surface area contributed by atoms with E-state index in [-0.39, 0.29) is 24.0 Å². The van der Waals surface area contributed by atoms with Gasteiger partial charge in [-0.3, -0.25) is 14.4 Å². The highest BCUT2D eigenvalue weighted by molar-refractivity contribution is 6.33. The van der Waals surface area contributed by atoms with Crippen molar-refractivity contribution < 1.29 is 23.5 Å². The third-order valence-corrected chi connectivity index (χ3v) is 4.90. The Morgan fingerprint density at radius 3 is 2.32 bits per heavy atom. The van der Waals surface area contributed by atoms with Crippen LogP contribution in [0, 0.1) is 5.82 Å². The Morgan fingerprint density at radius 1 is 1.08 bits per heavy atom. The van der Waals surface area contributed by atoms with Crippen molar-refractivity contribution in [2.75, 3.05) is 23.0 Å². The number of rotatable bonds is 1. The van der Waals surface area contributed by atoms with Crippen molar-refractivity contribution in [3.05, 3.63) is 29.1 Å². The molecule has 7 heteroatoms. The van der Waals surface area contributed by atoms with Crippen molar-refractivity contribution in [3.8, 4) is 5.75 Å². The lowest BCUT2D eigenvalue weighted by Gasteiger charge is -2.30. The first kappa shape index (κ1) is 15.8. The van der Waals surface area contributed by atoms with Crippen LogP contribution < -0.4 is 14.5 Å². The number of fused-ring (bicyclic) bond motifs is 1. The molecule has 0 unspecified atom stereocenters. The summed E-state index contributed by atoms with van der Waals surface area (Å²) in [7, 11) is 0. The normalized spacial score (nSPS) is 19.8. The van der Waals surface area contributed by atoms with Crippen LogP contribution in [0.3, 0.4) is 0 Å². The number of carbonyl (C=O) groups excluding carboxylic acids is 3. The second-order valence-electron chi connectivity index (χ2n) is 6.40. The molecule has 0 aromatic heterocycles. The Morgan fingerprint density at radius 2 is 1.72 bits per heavy atom. The van der Waals surface area contributed by atoms with E-state index >= 15 is 0 Å². The van der Waals surface area contributed by atoms with Crippen LogP contribution in [0.2, 0.25) is 0 Å². The topological polar surface area (TPSA) is 66.9 Å². The maximum Gasteiger partial charge on any atom is 0.261 e. The molecule has 1 aliphatic carbocycles. The smallest absolute Gasteiger partial charge is 0.261 e. The SMILES string of the molecule is CC(=O)N1CCOc2cc(F)c(N3C(=O)C4=C(CCCC4)C3=O)cc21. The zero-order valence-corrected chi connectivity index (χ0v) is 13.8. The molecule has 0 bridgehead atoms. The molecule has 0 saturated heterocycles. The number of benzene rings is 1. The highest BCUT2D eigenvalue weighted by Crippen LogP contribution is 2.41. The summed E-state index contributed by atoms with van der Waals surface area (Å²) in [5.74, 6) is -1.60. The minimum atomic E-state index is -0.717. The summed E-state index contributed by atoms with van der Waals surface area (Å²) in [4.78, 5) is 39.5. The van der Waals surface area contributed by atoms with Crippen molar-refractivity contribution in [1.82, 2.24) is 0 Å². The van der Waals surface area contributed by atoms with Gasteiger partial charge in [0.1, 0.15) is 12.4 Å².